The highest BCUT2D eigenvalue weighted by Gasteiger charge is 2.15. The van der Waals surface area contributed by atoms with E-state index in [-0.39, 0.29) is 0 Å². The molecule has 0 aliphatic carbocycles. The Hall–Kier alpha value is -2.79. The minimum atomic E-state index is 0.657. The predicted molar refractivity (Wildman–Crippen MR) is 104 cm³/mol. The molecule has 1 aromatic carbocycles. The van der Waals surface area contributed by atoms with E-state index in [0.717, 1.165) is 28.3 Å². The van der Waals surface area contributed by atoms with Crippen LogP contribution in [0.15, 0.2) is 54.7 Å². The van der Waals surface area contributed by atoms with Crippen LogP contribution < -0.4 is 5.32 Å². The summed E-state index contributed by atoms with van der Waals surface area (Å²) in [5.74, 6) is 1.53. The number of benzene rings is 1. The molecule has 0 spiro atoms. The van der Waals surface area contributed by atoms with Crippen LogP contribution in [-0.2, 0) is 6.54 Å². The maximum absolute atomic E-state index is 4.78. The minimum absolute atomic E-state index is 0.657. The highest BCUT2D eigenvalue weighted by Crippen LogP contribution is 2.34. The van der Waals surface area contributed by atoms with Crippen molar-refractivity contribution < 1.29 is 0 Å². The summed E-state index contributed by atoms with van der Waals surface area (Å²) in [5, 5.41) is 4.61. The van der Waals surface area contributed by atoms with Crippen LogP contribution in [0.2, 0.25) is 0 Å². The summed E-state index contributed by atoms with van der Waals surface area (Å²) in [6.07, 6.45) is 1.77. The minimum Gasteiger partial charge on any atom is -0.365 e. The SMILES string of the molecule is Cc1sc2nc(-c3ccccn3)nc(NCc3ccccc3)c2c1C. The van der Waals surface area contributed by atoms with Gasteiger partial charge in [0.25, 0.3) is 0 Å². The lowest BCUT2D eigenvalue weighted by Gasteiger charge is -2.10. The zero-order valence-corrected chi connectivity index (χ0v) is 15.0. The van der Waals surface area contributed by atoms with Crippen molar-refractivity contribution in [1.29, 1.82) is 0 Å². The number of hydrogen-bond acceptors (Lipinski definition) is 5. The first-order chi connectivity index (χ1) is 12.2. The molecule has 0 amide bonds. The average molecular weight is 346 g/mol. The van der Waals surface area contributed by atoms with Gasteiger partial charge < -0.3 is 5.32 Å². The smallest absolute Gasteiger partial charge is 0.181 e. The molecular weight excluding hydrogens is 328 g/mol. The first-order valence-electron chi connectivity index (χ1n) is 8.19. The molecule has 0 radical (unpaired) electrons. The summed E-state index contributed by atoms with van der Waals surface area (Å²) in [6.45, 7) is 4.98. The molecule has 0 unspecified atom stereocenters. The van der Waals surface area contributed by atoms with Gasteiger partial charge >= 0.3 is 0 Å². The molecule has 4 aromatic rings. The second-order valence-electron chi connectivity index (χ2n) is 5.91. The number of hydrogen-bond donors (Lipinski definition) is 1. The maximum atomic E-state index is 4.78. The molecular formula is C20H18N4S. The molecule has 0 saturated carbocycles. The van der Waals surface area contributed by atoms with Crippen LogP contribution in [-0.4, -0.2) is 15.0 Å². The Balaban J connectivity index is 1.80. The Morgan fingerprint density at radius 3 is 2.52 bits per heavy atom. The number of nitrogens with one attached hydrogen (secondary N) is 1. The summed E-state index contributed by atoms with van der Waals surface area (Å²) in [5.41, 5.74) is 3.25. The van der Waals surface area contributed by atoms with E-state index >= 15 is 0 Å². The van der Waals surface area contributed by atoms with Crippen LogP contribution in [0, 0.1) is 13.8 Å². The van der Waals surface area contributed by atoms with Crippen molar-refractivity contribution in [3.63, 3.8) is 0 Å². The van der Waals surface area contributed by atoms with Gasteiger partial charge in [0.15, 0.2) is 5.82 Å². The molecule has 0 atom stereocenters. The van der Waals surface area contributed by atoms with Gasteiger partial charge in [-0.1, -0.05) is 36.4 Å². The molecule has 0 aliphatic rings. The van der Waals surface area contributed by atoms with Gasteiger partial charge in [-0.05, 0) is 37.1 Å². The van der Waals surface area contributed by atoms with E-state index < -0.39 is 0 Å². The van der Waals surface area contributed by atoms with Crippen LogP contribution in [0.25, 0.3) is 21.7 Å². The number of nitrogens with zero attached hydrogens (tertiary/aromatic N) is 3. The van der Waals surface area contributed by atoms with Gasteiger partial charge in [0.05, 0.1) is 5.39 Å². The van der Waals surface area contributed by atoms with E-state index in [1.54, 1.807) is 17.5 Å². The molecule has 3 heterocycles. The van der Waals surface area contributed by atoms with E-state index in [1.807, 2.05) is 36.4 Å². The first kappa shape index (κ1) is 15.7. The molecule has 124 valence electrons. The largest absolute Gasteiger partial charge is 0.365 e. The number of rotatable bonds is 4. The van der Waals surface area contributed by atoms with E-state index in [0.29, 0.717) is 5.82 Å². The second kappa shape index (κ2) is 6.61. The third-order valence-corrected chi connectivity index (χ3v) is 5.33. The normalized spacial score (nSPS) is 11.0. The fourth-order valence-corrected chi connectivity index (χ4v) is 3.80. The van der Waals surface area contributed by atoms with Gasteiger partial charge in [0, 0.05) is 17.6 Å². The average Bonchev–Trinajstić information content (AvgIpc) is 2.95. The van der Waals surface area contributed by atoms with Gasteiger partial charge in [0.2, 0.25) is 0 Å². The molecule has 25 heavy (non-hydrogen) atoms. The van der Waals surface area contributed by atoms with Crippen LogP contribution in [0.1, 0.15) is 16.0 Å². The summed E-state index contributed by atoms with van der Waals surface area (Å²) in [4.78, 5) is 16.2. The maximum Gasteiger partial charge on any atom is 0.181 e. The summed E-state index contributed by atoms with van der Waals surface area (Å²) in [7, 11) is 0. The zero-order valence-electron chi connectivity index (χ0n) is 14.2. The van der Waals surface area contributed by atoms with Crippen LogP contribution in [0.3, 0.4) is 0 Å². The van der Waals surface area contributed by atoms with Crippen molar-refractivity contribution in [3.05, 3.63) is 70.7 Å². The highest BCUT2D eigenvalue weighted by molar-refractivity contribution is 7.18. The molecule has 4 nitrogen and oxygen atoms in total. The lowest BCUT2D eigenvalue weighted by atomic mass is 10.2. The highest BCUT2D eigenvalue weighted by atomic mass is 32.1. The van der Waals surface area contributed by atoms with Gasteiger partial charge in [-0.15, -0.1) is 11.3 Å². The van der Waals surface area contributed by atoms with Crippen molar-refractivity contribution in [2.45, 2.75) is 20.4 Å². The molecule has 1 N–H and O–H groups in total. The number of fused-ring (bicyclic) bond motifs is 1. The van der Waals surface area contributed by atoms with Crippen molar-refractivity contribution >= 4 is 27.4 Å². The van der Waals surface area contributed by atoms with Crippen molar-refractivity contribution in [3.8, 4) is 11.5 Å². The van der Waals surface area contributed by atoms with Gasteiger partial charge in [-0.25, -0.2) is 9.97 Å². The topological polar surface area (TPSA) is 50.7 Å². The molecule has 4 rings (SSSR count). The fraction of sp³-hybridized carbons (Fsp3) is 0.150. The van der Waals surface area contributed by atoms with E-state index in [2.05, 4.69) is 36.3 Å². The monoisotopic (exact) mass is 346 g/mol. The van der Waals surface area contributed by atoms with Crippen molar-refractivity contribution in [1.82, 2.24) is 15.0 Å². The van der Waals surface area contributed by atoms with E-state index in [4.69, 9.17) is 9.97 Å². The van der Waals surface area contributed by atoms with Crippen LogP contribution in [0.4, 0.5) is 5.82 Å². The zero-order chi connectivity index (χ0) is 17.2. The Morgan fingerprint density at radius 2 is 1.76 bits per heavy atom. The standard InChI is InChI=1S/C20H18N4S/c1-13-14(2)25-20-17(13)19(22-12-15-8-4-3-5-9-15)23-18(24-20)16-10-6-7-11-21-16/h3-11H,12H2,1-2H3,(H,22,23,24). The van der Waals surface area contributed by atoms with Gasteiger partial charge in [-0.2, -0.15) is 0 Å². The number of aromatic nitrogens is 3. The van der Waals surface area contributed by atoms with E-state index in [9.17, 15) is 0 Å². The second-order valence-corrected chi connectivity index (χ2v) is 7.12. The van der Waals surface area contributed by atoms with Crippen LogP contribution in [0.5, 0.6) is 0 Å². The van der Waals surface area contributed by atoms with E-state index in [1.165, 1.54) is 16.0 Å². The quantitative estimate of drug-likeness (QED) is 0.566. The van der Waals surface area contributed by atoms with Gasteiger partial charge in [0.1, 0.15) is 16.3 Å². The molecule has 0 saturated heterocycles. The Labute approximate surface area is 150 Å². The van der Waals surface area contributed by atoms with Crippen molar-refractivity contribution in [2.75, 3.05) is 5.32 Å². The number of pyridine rings is 1. The molecule has 0 fully saturated rings. The molecule has 5 heteroatoms. The number of anilines is 1. The first-order valence-corrected chi connectivity index (χ1v) is 9.01. The number of thiophene rings is 1. The molecule has 3 aromatic heterocycles. The third-order valence-electron chi connectivity index (χ3n) is 4.23. The molecule has 0 aliphatic heterocycles. The van der Waals surface area contributed by atoms with Crippen LogP contribution >= 0.6 is 11.3 Å². The summed E-state index contributed by atoms with van der Waals surface area (Å²) < 4.78 is 0. The Kier molecular flexibility index (Phi) is 4.15. The lowest BCUT2D eigenvalue weighted by molar-refractivity contribution is 1.10. The Morgan fingerprint density at radius 1 is 0.960 bits per heavy atom. The third kappa shape index (κ3) is 3.10. The predicted octanol–water partition coefficient (Wildman–Crippen LogP) is 4.98. The summed E-state index contributed by atoms with van der Waals surface area (Å²) >= 11 is 1.70. The van der Waals surface area contributed by atoms with Crippen molar-refractivity contribution in [2.24, 2.45) is 0 Å². The summed E-state index contributed by atoms with van der Waals surface area (Å²) in [6, 6.07) is 16.1. The Bertz CT molecular complexity index is 1010. The number of aryl methyl sites for hydroxylation is 2. The molecule has 0 bridgehead atoms. The van der Waals surface area contributed by atoms with Gasteiger partial charge in [-0.3, -0.25) is 4.98 Å². The lowest BCUT2D eigenvalue weighted by Crippen LogP contribution is -2.04. The fourth-order valence-electron chi connectivity index (χ4n) is 2.77.